The number of nitrogens with zero attached hydrogens (tertiary/aromatic N) is 3. The van der Waals surface area contributed by atoms with E-state index in [1.165, 1.54) is 0 Å². The molecular formula is C24H35N3NaO8S4+. The molecule has 1 aromatic heterocycles. The molecule has 2 aliphatic rings. The Hall–Kier alpha value is -0.620. The van der Waals surface area contributed by atoms with Gasteiger partial charge >= 0.3 is 35.2 Å². The minimum Gasteiger partial charge on any atom is -0.748 e. The van der Waals surface area contributed by atoms with Gasteiger partial charge in [-0.15, -0.1) is 11.8 Å². The van der Waals surface area contributed by atoms with Crippen LogP contribution in [0, 0.1) is 0 Å². The van der Waals surface area contributed by atoms with Crippen LogP contribution in [0.4, 0.5) is 0 Å². The normalized spacial score (nSPS) is 19.8. The third-order valence-electron chi connectivity index (χ3n) is 6.14. The summed E-state index contributed by atoms with van der Waals surface area (Å²) < 4.78 is 72.6. The molecule has 1 unspecified atom stereocenters. The van der Waals surface area contributed by atoms with E-state index in [4.69, 9.17) is 8.97 Å². The standard InChI is InChI=1S/C24H35N3O8S4.Na/c1-2-27-20(10-11-23-26(15-17-37-23)13-4-6-19-39(32,33)34)24(28)35-21(27)8-7-9-22-25(14-16-36-22)12-3-5-18-38(29,30)31;/h7-11H,2-6,12-19H2,1H3,(H-2,29,30,31,32,33,34);/q;+1. The van der Waals surface area contributed by atoms with Gasteiger partial charge in [-0.3, -0.25) is 0 Å². The molecule has 0 spiro atoms. The van der Waals surface area contributed by atoms with Crippen molar-refractivity contribution in [3.63, 3.8) is 0 Å². The Morgan fingerprint density at radius 3 is 2.62 bits per heavy atom. The van der Waals surface area contributed by atoms with Gasteiger partial charge in [0.05, 0.1) is 20.9 Å². The summed E-state index contributed by atoms with van der Waals surface area (Å²) in [5, 5.41) is 2.47. The van der Waals surface area contributed by atoms with E-state index in [0.29, 0.717) is 56.2 Å². The number of unbranched alkanes of at least 4 members (excludes halogenated alkanes) is 2. The van der Waals surface area contributed by atoms with Crippen molar-refractivity contribution in [1.82, 2.24) is 9.47 Å². The van der Waals surface area contributed by atoms with Gasteiger partial charge in [-0.05, 0) is 44.1 Å². The molecule has 0 bridgehead atoms. The molecule has 0 aromatic carbocycles. The first-order chi connectivity index (χ1) is 18.5. The number of rotatable bonds is 14. The van der Waals surface area contributed by atoms with Crippen LogP contribution in [0.15, 0.2) is 32.5 Å². The second-order valence-corrected chi connectivity index (χ2v) is 14.4. The number of hydrogen-bond donors (Lipinski definition) is 1. The molecule has 0 amide bonds. The Balaban J connectivity index is 0.00000560. The zero-order valence-electron chi connectivity index (χ0n) is 22.9. The van der Waals surface area contributed by atoms with Gasteiger partial charge in [0.25, 0.3) is 0 Å². The van der Waals surface area contributed by atoms with Crippen molar-refractivity contribution in [1.29, 1.82) is 0 Å². The van der Waals surface area contributed by atoms with Crippen LogP contribution in [-0.2, 0) is 31.4 Å². The number of hydrogen-bond acceptors (Lipinski definition) is 10. The van der Waals surface area contributed by atoms with E-state index in [1.54, 1.807) is 40.2 Å². The fourth-order valence-corrected chi connectivity index (χ4v) is 7.48. The molecule has 1 N–H and O–H groups in total. The number of aromatic nitrogens is 1. The van der Waals surface area contributed by atoms with Crippen molar-refractivity contribution in [2.24, 2.45) is 0 Å². The third-order valence-corrected chi connectivity index (χ3v) is 9.89. The summed E-state index contributed by atoms with van der Waals surface area (Å²) in [7, 11) is -8.13. The molecule has 0 aliphatic carbocycles. The van der Waals surface area contributed by atoms with Gasteiger partial charge in [0.2, 0.25) is 10.6 Å². The largest absolute Gasteiger partial charge is 1.00 e. The van der Waals surface area contributed by atoms with Crippen molar-refractivity contribution >= 4 is 61.3 Å². The van der Waals surface area contributed by atoms with E-state index in [0.717, 1.165) is 34.7 Å². The average molecular weight is 645 g/mol. The summed E-state index contributed by atoms with van der Waals surface area (Å²) in [4.78, 5) is 14.7. The summed E-state index contributed by atoms with van der Waals surface area (Å²) in [6, 6.07) is 0. The molecule has 3 rings (SSSR count). The van der Waals surface area contributed by atoms with E-state index in [9.17, 15) is 26.5 Å². The zero-order chi connectivity index (χ0) is 28.5. The molecule has 1 atom stereocenters. The minimum atomic E-state index is -4.19. The maximum Gasteiger partial charge on any atom is 1.00 e. The Labute approximate surface area is 266 Å². The average Bonchev–Trinajstić information content (AvgIpc) is 3.56. The summed E-state index contributed by atoms with van der Waals surface area (Å²) in [6.07, 6.45) is 11.1. The second kappa shape index (κ2) is 16.9. The SMILES string of the molecule is CCn1c(=CC=CC2=[N+](CCCC[S+](=O)([O-])O)CCS2)oc(=O)c1=CC=C1SCCN1CCCCS(=O)(=O)[O-].[Na+]. The van der Waals surface area contributed by atoms with Gasteiger partial charge in [0, 0.05) is 50.1 Å². The van der Waals surface area contributed by atoms with Crippen molar-refractivity contribution in [3.8, 4) is 0 Å². The van der Waals surface area contributed by atoms with E-state index >= 15 is 0 Å². The summed E-state index contributed by atoms with van der Waals surface area (Å²) in [6.45, 7) is 5.48. The van der Waals surface area contributed by atoms with Gasteiger partial charge < -0.3 is 23.0 Å². The summed E-state index contributed by atoms with van der Waals surface area (Å²) >= 11 is 3.36. The molecule has 1 saturated heterocycles. The van der Waals surface area contributed by atoms with Gasteiger partial charge in [-0.1, -0.05) is 16.0 Å². The second-order valence-electron chi connectivity index (χ2n) is 9.03. The fraction of sp³-hybridized carbons (Fsp3) is 0.583. The molecule has 1 aromatic rings. The predicted octanol–water partition coefficient (Wildman–Crippen LogP) is -2.16. The molecule has 11 nitrogen and oxygen atoms in total. The molecule has 40 heavy (non-hydrogen) atoms. The van der Waals surface area contributed by atoms with Crippen LogP contribution < -0.4 is 46.1 Å². The fourth-order valence-electron chi connectivity index (χ4n) is 4.25. The first-order valence-electron chi connectivity index (χ1n) is 12.8. The third kappa shape index (κ3) is 11.9. The van der Waals surface area contributed by atoms with E-state index in [2.05, 4.69) is 9.48 Å². The zero-order valence-corrected chi connectivity index (χ0v) is 28.1. The van der Waals surface area contributed by atoms with Crippen molar-refractivity contribution in [2.45, 2.75) is 39.2 Å². The van der Waals surface area contributed by atoms with Crippen LogP contribution in [0.5, 0.6) is 0 Å². The molecule has 3 heterocycles. The van der Waals surface area contributed by atoms with Crippen molar-refractivity contribution in [2.75, 3.05) is 49.2 Å². The number of oxazole rings is 1. The van der Waals surface area contributed by atoms with Crippen LogP contribution in [0.25, 0.3) is 12.2 Å². The summed E-state index contributed by atoms with van der Waals surface area (Å²) in [5.41, 5.74) is -0.00615. The monoisotopic (exact) mass is 644 g/mol. The Bertz CT molecular complexity index is 1430. The Morgan fingerprint density at radius 1 is 1.15 bits per heavy atom. The predicted molar refractivity (Wildman–Crippen MR) is 155 cm³/mol. The first-order valence-corrected chi connectivity index (χ1v) is 17.9. The molecule has 218 valence electrons. The van der Waals surface area contributed by atoms with Crippen LogP contribution in [0.1, 0.15) is 32.6 Å². The van der Waals surface area contributed by atoms with Crippen LogP contribution >= 0.6 is 23.5 Å². The maximum atomic E-state index is 12.6. The Morgan fingerprint density at radius 2 is 1.93 bits per heavy atom. The van der Waals surface area contributed by atoms with Crippen molar-refractivity contribution in [3.05, 3.63) is 44.6 Å². The first kappa shape index (κ1) is 35.6. The molecule has 2 aliphatic heterocycles. The van der Waals surface area contributed by atoms with Gasteiger partial charge in [-0.2, -0.15) is 4.55 Å². The number of thioether (sulfide) groups is 2. The quantitative estimate of drug-likeness (QED) is 0.0773. The van der Waals surface area contributed by atoms with E-state index in [1.807, 2.05) is 25.2 Å². The smallest absolute Gasteiger partial charge is 0.748 e. The van der Waals surface area contributed by atoms with Gasteiger partial charge in [-0.25, -0.2) is 17.8 Å². The number of allylic oxidation sites excluding steroid dienone is 2. The molecule has 1 fully saturated rings. The molecule has 16 heteroatoms. The van der Waals surface area contributed by atoms with Crippen LogP contribution in [0.3, 0.4) is 0 Å². The molecular weight excluding hydrogens is 610 g/mol. The van der Waals surface area contributed by atoms with E-state index in [-0.39, 0.29) is 41.1 Å². The molecule has 0 radical (unpaired) electrons. The molecule has 0 saturated carbocycles. The minimum absolute atomic E-state index is 0. The van der Waals surface area contributed by atoms with Crippen molar-refractivity contribution < 1.29 is 64.8 Å². The van der Waals surface area contributed by atoms with E-state index < -0.39 is 26.2 Å². The van der Waals surface area contributed by atoms with Gasteiger partial charge in [0.15, 0.2) is 17.0 Å². The maximum absolute atomic E-state index is 12.6. The van der Waals surface area contributed by atoms with Crippen LogP contribution in [0.2, 0.25) is 0 Å². The van der Waals surface area contributed by atoms with Crippen LogP contribution in [-0.4, -0.2) is 90.4 Å². The topological polar surface area (TPSA) is 159 Å². The summed E-state index contributed by atoms with van der Waals surface area (Å²) in [5.74, 6) is 1.23. The van der Waals surface area contributed by atoms with Gasteiger partial charge in [0.1, 0.15) is 17.6 Å². The Kier molecular flexibility index (Phi) is 15.0.